The number of nitrogens with one attached hydrogen (secondary N) is 1. The molecule has 1 aromatic heterocycles. The SMILES string of the molecule is COC(=O)c1cc(-c2cn[nH]c2)cc([N+](=O)[O-])c1. The standard InChI is InChI=1S/C11H9N3O4/c1-18-11(15)8-2-7(9-5-12-13-6-9)3-10(4-8)14(16)17/h2-6H,1H3,(H,12,13). The van der Waals surface area contributed by atoms with Crippen LogP contribution in [0.3, 0.4) is 0 Å². The lowest BCUT2D eigenvalue weighted by Gasteiger charge is -2.03. The number of hydrogen-bond acceptors (Lipinski definition) is 5. The van der Waals surface area contributed by atoms with Crippen LogP contribution in [-0.4, -0.2) is 28.2 Å². The molecule has 0 fully saturated rings. The predicted octanol–water partition coefficient (Wildman–Crippen LogP) is 1.77. The van der Waals surface area contributed by atoms with Crippen LogP contribution >= 0.6 is 0 Å². The number of esters is 1. The fraction of sp³-hybridized carbons (Fsp3) is 0.0909. The van der Waals surface area contributed by atoms with E-state index in [0.29, 0.717) is 11.1 Å². The Morgan fingerprint density at radius 2 is 2.17 bits per heavy atom. The van der Waals surface area contributed by atoms with Crippen molar-refractivity contribution in [3.05, 3.63) is 46.3 Å². The number of aromatic nitrogens is 2. The topological polar surface area (TPSA) is 98.1 Å². The minimum Gasteiger partial charge on any atom is -0.465 e. The number of methoxy groups -OCH3 is 1. The molecule has 1 heterocycles. The number of aromatic amines is 1. The third kappa shape index (κ3) is 2.19. The van der Waals surface area contributed by atoms with Gasteiger partial charge >= 0.3 is 5.97 Å². The Morgan fingerprint density at radius 3 is 2.72 bits per heavy atom. The zero-order chi connectivity index (χ0) is 13.1. The van der Waals surface area contributed by atoms with E-state index in [0.717, 1.165) is 0 Å². The fourth-order valence-electron chi connectivity index (χ4n) is 1.53. The van der Waals surface area contributed by atoms with Gasteiger partial charge in [-0.1, -0.05) is 0 Å². The molecule has 2 aromatic rings. The quantitative estimate of drug-likeness (QED) is 0.506. The molecule has 7 nitrogen and oxygen atoms in total. The first-order valence-electron chi connectivity index (χ1n) is 4.99. The molecule has 7 heteroatoms. The summed E-state index contributed by atoms with van der Waals surface area (Å²) in [5, 5.41) is 17.2. The van der Waals surface area contributed by atoms with E-state index in [1.807, 2.05) is 0 Å². The van der Waals surface area contributed by atoms with Gasteiger partial charge in [-0.2, -0.15) is 5.10 Å². The van der Waals surface area contributed by atoms with E-state index in [1.165, 1.54) is 31.5 Å². The van der Waals surface area contributed by atoms with E-state index >= 15 is 0 Å². The van der Waals surface area contributed by atoms with Crippen molar-refractivity contribution in [2.24, 2.45) is 0 Å². The van der Waals surface area contributed by atoms with Gasteiger partial charge in [0.25, 0.3) is 5.69 Å². The fourth-order valence-corrected chi connectivity index (χ4v) is 1.53. The second kappa shape index (κ2) is 4.66. The lowest BCUT2D eigenvalue weighted by Crippen LogP contribution is -2.02. The monoisotopic (exact) mass is 247 g/mol. The van der Waals surface area contributed by atoms with Gasteiger partial charge in [-0.3, -0.25) is 15.2 Å². The number of nitrogens with zero attached hydrogens (tertiary/aromatic N) is 2. The number of hydrogen-bond donors (Lipinski definition) is 1. The molecule has 0 saturated carbocycles. The summed E-state index contributed by atoms with van der Waals surface area (Å²) in [7, 11) is 1.22. The lowest BCUT2D eigenvalue weighted by molar-refractivity contribution is -0.384. The van der Waals surface area contributed by atoms with Crippen LogP contribution in [0.2, 0.25) is 0 Å². The number of nitro benzene ring substituents is 1. The molecule has 0 aliphatic carbocycles. The minimum atomic E-state index is -0.622. The van der Waals surface area contributed by atoms with Crippen molar-refractivity contribution in [1.82, 2.24) is 10.2 Å². The van der Waals surface area contributed by atoms with Gasteiger partial charge in [-0.15, -0.1) is 0 Å². The van der Waals surface area contributed by atoms with Crippen LogP contribution in [0.1, 0.15) is 10.4 Å². The highest BCUT2D eigenvalue weighted by Gasteiger charge is 2.15. The number of non-ortho nitro benzene ring substituents is 1. The third-order valence-corrected chi connectivity index (χ3v) is 2.38. The van der Waals surface area contributed by atoms with Gasteiger partial charge in [0.15, 0.2) is 0 Å². The van der Waals surface area contributed by atoms with E-state index in [9.17, 15) is 14.9 Å². The number of rotatable bonds is 3. The van der Waals surface area contributed by atoms with Crippen molar-refractivity contribution >= 4 is 11.7 Å². The van der Waals surface area contributed by atoms with Gasteiger partial charge in [0.1, 0.15) is 0 Å². The average molecular weight is 247 g/mol. The normalized spacial score (nSPS) is 10.1. The molecule has 0 atom stereocenters. The van der Waals surface area contributed by atoms with Crippen molar-refractivity contribution in [1.29, 1.82) is 0 Å². The molecule has 0 amide bonds. The molecule has 0 saturated heterocycles. The van der Waals surface area contributed by atoms with Crippen LogP contribution in [0, 0.1) is 10.1 Å². The van der Waals surface area contributed by atoms with Gasteiger partial charge in [-0.05, 0) is 11.6 Å². The Kier molecular flexibility index (Phi) is 3.05. The first-order valence-corrected chi connectivity index (χ1v) is 4.99. The second-order valence-electron chi connectivity index (χ2n) is 3.50. The van der Waals surface area contributed by atoms with E-state index in [1.54, 1.807) is 6.20 Å². The van der Waals surface area contributed by atoms with E-state index in [2.05, 4.69) is 14.9 Å². The van der Waals surface area contributed by atoms with E-state index in [-0.39, 0.29) is 11.3 Å². The number of benzene rings is 1. The molecule has 2 rings (SSSR count). The summed E-state index contributed by atoms with van der Waals surface area (Å²) in [5.41, 5.74) is 1.14. The maximum absolute atomic E-state index is 11.4. The van der Waals surface area contributed by atoms with E-state index in [4.69, 9.17) is 0 Å². The van der Waals surface area contributed by atoms with Gasteiger partial charge < -0.3 is 4.74 Å². The lowest BCUT2D eigenvalue weighted by atomic mass is 10.1. The van der Waals surface area contributed by atoms with Gasteiger partial charge in [0, 0.05) is 23.9 Å². The maximum Gasteiger partial charge on any atom is 0.338 e. The molecule has 0 bridgehead atoms. The highest BCUT2D eigenvalue weighted by molar-refractivity contribution is 5.92. The summed E-state index contributed by atoms with van der Waals surface area (Å²) in [6, 6.07) is 4.07. The third-order valence-electron chi connectivity index (χ3n) is 2.38. The first-order chi connectivity index (χ1) is 8.61. The molecule has 0 aliphatic rings. The van der Waals surface area contributed by atoms with Gasteiger partial charge in [0.05, 0.1) is 23.8 Å². The van der Waals surface area contributed by atoms with E-state index < -0.39 is 10.9 Å². The molecule has 0 spiro atoms. The summed E-state index contributed by atoms with van der Waals surface area (Å²) < 4.78 is 4.56. The molecule has 92 valence electrons. The average Bonchev–Trinajstić information content (AvgIpc) is 2.91. The molecule has 18 heavy (non-hydrogen) atoms. The van der Waals surface area contributed by atoms with Crippen LogP contribution in [0.25, 0.3) is 11.1 Å². The smallest absolute Gasteiger partial charge is 0.338 e. The number of ether oxygens (including phenoxy) is 1. The zero-order valence-corrected chi connectivity index (χ0v) is 9.41. The summed E-state index contributed by atoms with van der Waals surface area (Å²) in [4.78, 5) is 21.7. The number of carbonyl (C=O) groups is 1. The number of H-pyrrole nitrogens is 1. The van der Waals surface area contributed by atoms with Crippen molar-refractivity contribution in [2.75, 3.05) is 7.11 Å². The van der Waals surface area contributed by atoms with Gasteiger partial charge in [-0.25, -0.2) is 4.79 Å². The molecular formula is C11H9N3O4. The van der Waals surface area contributed by atoms with Crippen molar-refractivity contribution < 1.29 is 14.5 Å². The molecule has 1 N–H and O–H groups in total. The molecule has 0 radical (unpaired) electrons. The second-order valence-corrected chi connectivity index (χ2v) is 3.50. The molecular weight excluding hydrogens is 238 g/mol. The largest absolute Gasteiger partial charge is 0.465 e. The zero-order valence-electron chi connectivity index (χ0n) is 9.41. The van der Waals surface area contributed by atoms with Crippen molar-refractivity contribution in [3.8, 4) is 11.1 Å². The highest BCUT2D eigenvalue weighted by Crippen LogP contribution is 2.25. The summed E-state index contributed by atoms with van der Waals surface area (Å²) in [5.74, 6) is -0.622. The van der Waals surface area contributed by atoms with Crippen LogP contribution in [0.4, 0.5) is 5.69 Å². The molecule has 1 aromatic carbocycles. The Bertz CT molecular complexity index is 592. The number of carbonyl (C=O) groups excluding carboxylic acids is 1. The number of nitro groups is 1. The summed E-state index contributed by atoms with van der Waals surface area (Å²) in [6.07, 6.45) is 3.10. The Labute approximate surface area is 102 Å². The van der Waals surface area contributed by atoms with Crippen molar-refractivity contribution in [3.63, 3.8) is 0 Å². The van der Waals surface area contributed by atoms with Crippen LogP contribution in [-0.2, 0) is 4.74 Å². The van der Waals surface area contributed by atoms with Crippen LogP contribution in [0.5, 0.6) is 0 Å². The predicted molar refractivity (Wildman–Crippen MR) is 62.0 cm³/mol. The summed E-state index contributed by atoms with van der Waals surface area (Å²) >= 11 is 0. The Hall–Kier alpha value is -2.70. The Morgan fingerprint density at radius 1 is 1.39 bits per heavy atom. The maximum atomic E-state index is 11.4. The van der Waals surface area contributed by atoms with Gasteiger partial charge in [0.2, 0.25) is 0 Å². The minimum absolute atomic E-state index is 0.128. The molecule has 0 aliphatic heterocycles. The van der Waals surface area contributed by atoms with Crippen LogP contribution < -0.4 is 0 Å². The first kappa shape index (κ1) is 11.8. The highest BCUT2D eigenvalue weighted by atomic mass is 16.6. The summed E-state index contributed by atoms with van der Waals surface area (Å²) in [6.45, 7) is 0. The van der Waals surface area contributed by atoms with Crippen LogP contribution in [0.15, 0.2) is 30.6 Å². The van der Waals surface area contributed by atoms with Crippen molar-refractivity contribution in [2.45, 2.75) is 0 Å². The Balaban J connectivity index is 2.57. The molecule has 0 unspecified atom stereocenters.